The second kappa shape index (κ2) is 7.92. The van der Waals surface area contributed by atoms with E-state index in [1.54, 1.807) is 18.2 Å². The maximum atomic E-state index is 13.3. The average Bonchev–Trinajstić information content (AvgIpc) is 2.79. The fourth-order valence-corrected chi connectivity index (χ4v) is 3.38. The number of hydrogen-bond acceptors (Lipinski definition) is 3. The molecule has 0 bridgehead atoms. The number of carbonyl (C=O) groups excluding carboxylic acids is 1. The number of rotatable bonds is 4. The van der Waals surface area contributed by atoms with E-state index in [0.29, 0.717) is 28.1 Å². The third kappa shape index (κ3) is 3.56. The Morgan fingerprint density at radius 3 is 2.10 bits per heavy atom. The molecule has 138 valence electrons. The Labute approximate surface area is 169 Å². The average molecular weight is 374 g/mol. The zero-order valence-corrected chi connectivity index (χ0v) is 16.0. The lowest BCUT2D eigenvalue weighted by molar-refractivity contribution is 0.103. The van der Waals surface area contributed by atoms with E-state index in [-0.39, 0.29) is 5.78 Å². The van der Waals surface area contributed by atoms with Crippen molar-refractivity contribution in [3.8, 4) is 28.6 Å². The summed E-state index contributed by atoms with van der Waals surface area (Å²) in [4.78, 5) is 18.2. The number of aryl methyl sites for hydroxylation is 1. The number of hydrogen-bond donors (Lipinski definition) is 0. The molecule has 0 atom stereocenters. The molecule has 0 amide bonds. The Hall–Kier alpha value is -4.03. The summed E-state index contributed by atoms with van der Waals surface area (Å²) < 4.78 is 0. The largest absolute Gasteiger partial charge is 0.289 e. The molecule has 0 saturated heterocycles. The van der Waals surface area contributed by atoms with Gasteiger partial charge in [0.05, 0.1) is 22.5 Å². The lowest BCUT2D eigenvalue weighted by atomic mass is 9.93. The number of aromatic nitrogens is 1. The molecule has 1 aromatic heterocycles. The maximum Gasteiger partial charge on any atom is 0.195 e. The van der Waals surface area contributed by atoms with Crippen LogP contribution in [0.1, 0.15) is 27.0 Å². The molecule has 3 heteroatoms. The second-order valence-electron chi connectivity index (χ2n) is 6.77. The summed E-state index contributed by atoms with van der Waals surface area (Å²) in [5, 5.41) is 9.77. The topological polar surface area (TPSA) is 53.8 Å². The summed E-state index contributed by atoms with van der Waals surface area (Å²) in [6, 6.07) is 30.4. The second-order valence-corrected chi connectivity index (χ2v) is 6.77. The Balaban J connectivity index is 2.01. The van der Waals surface area contributed by atoms with Crippen molar-refractivity contribution < 1.29 is 4.79 Å². The number of pyridine rings is 1. The van der Waals surface area contributed by atoms with Crippen LogP contribution in [0.15, 0.2) is 91.0 Å². The molecule has 0 spiro atoms. The summed E-state index contributed by atoms with van der Waals surface area (Å²) >= 11 is 0. The highest BCUT2D eigenvalue weighted by Gasteiger charge is 2.21. The fraction of sp³-hybridized carbons (Fsp3) is 0.0385. The number of benzene rings is 3. The van der Waals surface area contributed by atoms with Gasteiger partial charge in [0.15, 0.2) is 5.78 Å². The van der Waals surface area contributed by atoms with Crippen molar-refractivity contribution in [1.82, 2.24) is 4.98 Å². The van der Waals surface area contributed by atoms with Crippen LogP contribution in [0.3, 0.4) is 0 Å². The first-order chi connectivity index (χ1) is 14.2. The van der Waals surface area contributed by atoms with Crippen molar-refractivity contribution in [3.05, 3.63) is 113 Å². The molecule has 0 aliphatic carbocycles. The summed E-state index contributed by atoms with van der Waals surface area (Å²) in [6.07, 6.45) is 0. The summed E-state index contributed by atoms with van der Waals surface area (Å²) in [5.41, 5.74) is 5.30. The molecule has 0 saturated carbocycles. The van der Waals surface area contributed by atoms with Gasteiger partial charge in [-0.3, -0.25) is 4.79 Å². The highest BCUT2D eigenvalue weighted by atomic mass is 16.1. The smallest absolute Gasteiger partial charge is 0.195 e. The lowest BCUT2D eigenvalue weighted by Crippen LogP contribution is -2.08. The van der Waals surface area contributed by atoms with Crippen LogP contribution in [-0.2, 0) is 0 Å². The van der Waals surface area contributed by atoms with E-state index in [1.165, 1.54) is 0 Å². The zero-order valence-electron chi connectivity index (χ0n) is 16.0. The van der Waals surface area contributed by atoms with E-state index in [4.69, 9.17) is 4.98 Å². The van der Waals surface area contributed by atoms with Crippen LogP contribution in [0, 0.1) is 18.3 Å². The van der Waals surface area contributed by atoms with Crippen molar-refractivity contribution in [1.29, 1.82) is 5.26 Å². The summed E-state index contributed by atoms with van der Waals surface area (Å²) in [6.45, 7) is 1.99. The first-order valence-corrected chi connectivity index (χ1v) is 9.35. The van der Waals surface area contributed by atoms with Crippen LogP contribution in [-0.4, -0.2) is 10.8 Å². The summed E-state index contributed by atoms with van der Waals surface area (Å²) in [5.74, 6) is -0.146. The van der Waals surface area contributed by atoms with Crippen molar-refractivity contribution in [3.63, 3.8) is 0 Å². The first-order valence-electron chi connectivity index (χ1n) is 9.35. The minimum atomic E-state index is -0.146. The predicted molar refractivity (Wildman–Crippen MR) is 114 cm³/mol. The van der Waals surface area contributed by atoms with E-state index in [1.807, 2.05) is 79.7 Å². The molecular formula is C26H18N2O. The van der Waals surface area contributed by atoms with E-state index >= 15 is 0 Å². The number of ketones is 1. The minimum Gasteiger partial charge on any atom is -0.289 e. The third-order valence-electron chi connectivity index (χ3n) is 4.87. The molecule has 0 radical (unpaired) electrons. The van der Waals surface area contributed by atoms with E-state index in [9.17, 15) is 10.1 Å². The zero-order chi connectivity index (χ0) is 20.2. The molecule has 3 aromatic carbocycles. The Bertz CT molecular complexity index is 1220. The van der Waals surface area contributed by atoms with E-state index in [2.05, 4.69) is 6.07 Å². The normalized spacial score (nSPS) is 10.3. The van der Waals surface area contributed by atoms with Crippen LogP contribution in [0.2, 0.25) is 0 Å². The molecule has 0 N–H and O–H groups in total. The third-order valence-corrected chi connectivity index (χ3v) is 4.87. The molecular weight excluding hydrogens is 356 g/mol. The Morgan fingerprint density at radius 2 is 1.45 bits per heavy atom. The Kier molecular flexibility index (Phi) is 5.01. The highest BCUT2D eigenvalue weighted by Crippen LogP contribution is 2.32. The molecule has 29 heavy (non-hydrogen) atoms. The van der Waals surface area contributed by atoms with Gasteiger partial charge in [0, 0.05) is 16.7 Å². The standard InChI is InChI=1S/C26H18N2O/c1-18-10-8-9-15-22(18)25-23(26(29)20-13-6-3-7-14-20)16-21(17-27)24(28-25)19-11-4-2-5-12-19/h2-16H,1H3. The molecule has 0 aliphatic heterocycles. The van der Waals surface area contributed by atoms with E-state index in [0.717, 1.165) is 16.7 Å². The lowest BCUT2D eigenvalue weighted by Gasteiger charge is -2.14. The van der Waals surface area contributed by atoms with E-state index < -0.39 is 0 Å². The van der Waals surface area contributed by atoms with Crippen molar-refractivity contribution in [2.24, 2.45) is 0 Å². The SMILES string of the molecule is Cc1ccccc1-c1nc(-c2ccccc2)c(C#N)cc1C(=O)c1ccccc1. The van der Waals surface area contributed by atoms with Gasteiger partial charge < -0.3 is 0 Å². The summed E-state index contributed by atoms with van der Waals surface area (Å²) in [7, 11) is 0. The van der Waals surface area contributed by atoms with Gasteiger partial charge in [-0.2, -0.15) is 5.26 Å². The number of nitrogens with zero attached hydrogens (tertiary/aromatic N) is 2. The molecule has 4 rings (SSSR count). The molecule has 0 unspecified atom stereocenters. The van der Waals surface area contributed by atoms with Gasteiger partial charge in [-0.05, 0) is 18.6 Å². The monoisotopic (exact) mass is 374 g/mol. The van der Waals surface area contributed by atoms with Crippen LogP contribution in [0.5, 0.6) is 0 Å². The van der Waals surface area contributed by atoms with Gasteiger partial charge in [0.1, 0.15) is 6.07 Å². The van der Waals surface area contributed by atoms with Gasteiger partial charge in [-0.1, -0.05) is 84.9 Å². The van der Waals surface area contributed by atoms with Crippen molar-refractivity contribution in [2.45, 2.75) is 6.92 Å². The first kappa shape index (κ1) is 18.3. The van der Waals surface area contributed by atoms with Gasteiger partial charge in [0.2, 0.25) is 0 Å². The molecule has 0 fully saturated rings. The quantitative estimate of drug-likeness (QED) is 0.423. The van der Waals surface area contributed by atoms with Gasteiger partial charge in [0.25, 0.3) is 0 Å². The minimum absolute atomic E-state index is 0.146. The molecule has 0 aliphatic rings. The van der Waals surface area contributed by atoms with Gasteiger partial charge in [-0.15, -0.1) is 0 Å². The maximum absolute atomic E-state index is 13.3. The predicted octanol–water partition coefficient (Wildman–Crippen LogP) is 5.83. The highest BCUT2D eigenvalue weighted by molar-refractivity contribution is 6.13. The fourth-order valence-electron chi connectivity index (χ4n) is 3.38. The van der Waals surface area contributed by atoms with Gasteiger partial charge in [-0.25, -0.2) is 4.98 Å². The molecule has 3 nitrogen and oxygen atoms in total. The van der Waals surface area contributed by atoms with Crippen LogP contribution < -0.4 is 0 Å². The van der Waals surface area contributed by atoms with Crippen molar-refractivity contribution >= 4 is 5.78 Å². The number of nitriles is 1. The van der Waals surface area contributed by atoms with Crippen LogP contribution in [0.25, 0.3) is 22.5 Å². The number of carbonyl (C=O) groups is 1. The van der Waals surface area contributed by atoms with Crippen molar-refractivity contribution in [2.75, 3.05) is 0 Å². The molecule has 1 heterocycles. The van der Waals surface area contributed by atoms with Crippen LogP contribution >= 0.6 is 0 Å². The van der Waals surface area contributed by atoms with Gasteiger partial charge >= 0.3 is 0 Å². The Morgan fingerprint density at radius 1 is 0.828 bits per heavy atom. The molecule has 4 aromatic rings. The van der Waals surface area contributed by atoms with Crippen LogP contribution in [0.4, 0.5) is 0 Å².